The van der Waals surface area contributed by atoms with Gasteiger partial charge in [0.2, 0.25) is 0 Å². The monoisotopic (exact) mass is 262 g/mol. The molecule has 1 heterocycles. The molecule has 0 saturated heterocycles. The van der Waals surface area contributed by atoms with E-state index in [2.05, 4.69) is 12.1 Å². The zero-order chi connectivity index (χ0) is 13.9. The third-order valence-corrected chi connectivity index (χ3v) is 4.45. The second-order valence-electron chi connectivity index (χ2n) is 5.33. The molecule has 0 aromatic heterocycles. The van der Waals surface area contributed by atoms with Crippen molar-refractivity contribution in [2.45, 2.75) is 46.0 Å². The molecule has 3 nitrogen and oxygen atoms in total. The molecule has 1 N–H and O–H groups in total. The van der Waals surface area contributed by atoms with Crippen LogP contribution in [-0.2, 0) is 17.6 Å². The second kappa shape index (κ2) is 5.64. The Kier molecular flexibility index (Phi) is 4.13. The summed E-state index contributed by atoms with van der Waals surface area (Å²) in [5, 5.41) is 9.44. The number of carboxylic acids is 1. The maximum Gasteiger partial charge on any atom is 0.309 e. The molecular formula is C16H22O3. The molecule has 0 radical (unpaired) electrons. The Morgan fingerprint density at radius 2 is 2.11 bits per heavy atom. The molecule has 0 atom stereocenters. The first-order chi connectivity index (χ1) is 9.11. The minimum atomic E-state index is -0.665. The fourth-order valence-corrected chi connectivity index (χ4v) is 2.79. The SMILES string of the molecule is CCC(CC)(CCc1ccc2c(c1)CCO2)C(=O)O. The lowest BCUT2D eigenvalue weighted by Crippen LogP contribution is -2.30. The van der Waals surface area contributed by atoms with Gasteiger partial charge in [-0.3, -0.25) is 4.79 Å². The van der Waals surface area contributed by atoms with E-state index in [0.717, 1.165) is 25.2 Å². The van der Waals surface area contributed by atoms with Gasteiger partial charge in [-0.1, -0.05) is 26.0 Å². The molecule has 0 aliphatic carbocycles. The van der Waals surface area contributed by atoms with Crippen LogP contribution < -0.4 is 4.74 Å². The van der Waals surface area contributed by atoms with Gasteiger partial charge in [-0.05, 0) is 42.9 Å². The van der Waals surface area contributed by atoms with Crippen LogP contribution in [0.5, 0.6) is 5.75 Å². The van der Waals surface area contributed by atoms with Gasteiger partial charge in [0.25, 0.3) is 0 Å². The molecular weight excluding hydrogens is 240 g/mol. The standard InChI is InChI=1S/C16H22O3/c1-3-16(4-2,15(17)18)9-7-12-5-6-14-13(11-12)8-10-19-14/h5-6,11H,3-4,7-10H2,1-2H3,(H,17,18). The van der Waals surface area contributed by atoms with Crippen molar-refractivity contribution in [2.24, 2.45) is 5.41 Å². The lowest BCUT2D eigenvalue weighted by atomic mass is 9.77. The molecule has 3 heteroatoms. The Hall–Kier alpha value is -1.51. The largest absolute Gasteiger partial charge is 0.493 e. The van der Waals surface area contributed by atoms with Crippen LogP contribution in [0.3, 0.4) is 0 Å². The molecule has 1 aliphatic heterocycles. The van der Waals surface area contributed by atoms with Crippen LogP contribution in [0.2, 0.25) is 0 Å². The fraction of sp³-hybridized carbons (Fsp3) is 0.562. The summed E-state index contributed by atoms with van der Waals surface area (Å²) in [4.78, 5) is 11.5. The topological polar surface area (TPSA) is 46.5 Å². The van der Waals surface area contributed by atoms with Crippen LogP contribution in [0.4, 0.5) is 0 Å². The molecule has 0 amide bonds. The van der Waals surface area contributed by atoms with Gasteiger partial charge in [0.05, 0.1) is 12.0 Å². The Labute approximate surface area is 114 Å². The highest BCUT2D eigenvalue weighted by Crippen LogP contribution is 2.33. The third-order valence-electron chi connectivity index (χ3n) is 4.45. The number of aryl methyl sites for hydroxylation is 1. The predicted octanol–water partition coefficient (Wildman–Crippen LogP) is 3.45. The summed E-state index contributed by atoms with van der Waals surface area (Å²) in [6.45, 7) is 4.70. The van der Waals surface area contributed by atoms with Crippen molar-refractivity contribution in [2.75, 3.05) is 6.61 Å². The number of hydrogen-bond donors (Lipinski definition) is 1. The average Bonchev–Trinajstić information content (AvgIpc) is 2.87. The Morgan fingerprint density at radius 3 is 2.74 bits per heavy atom. The molecule has 0 fully saturated rings. The lowest BCUT2D eigenvalue weighted by Gasteiger charge is -2.26. The first-order valence-corrected chi connectivity index (χ1v) is 7.09. The third kappa shape index (κ3) is 2.75. The van der Waals surface area contributed by atoms with Gasteiger partial charge in [0.1, 0.15) is 5.75 Å². The van der Waals surface area contributed by atoms with E-state index in [-0.39, 0.29) is 0 Å². The van der Waals surface area contributed by atoms with E-state index in [1.165, 1.54) is 11.1 Å². The highest BCUT2D eigenvalue weighted by molar-refractivity contribution is 5.74. The highest BCUT2D eigenvalue weighted by atomic mass is 16.5. The number of fused-ring (bicyclic) bond motifs is 1. The maximum atomic E-state index is 11.5. The molecule has 1 aromatic rings. The zero-order valence-electron chi connectivity index (χ0n) is 11.7. The van der Waals surface area contributed by atoms with Crippen LogP contribution in [0, 0.1) is 5.41 Å². The first-order valence-electron chi connectivity index (χ1n) is 7.09. The van der Waals surface area contributed by atoms with Gasteiger partial charge in [-0.2, -0.15) is 0 Å². The molecule has 0 saturated carbocycles. The second-order valence-corrected chi connectivity index (χ2v) is 5.33. The van der Waals surface area contributed by atoms with E-state index in [9.17, 15) is 9.90 Å². The van der Waals surface area contributed by atoms with E-state index in [1.807, 2.05) is 19.9 Å². The zero-order valence-corrected chi connectivity index (χ0v) is 11.7. The average molecular weight is 262 g/mol. The number of hydrogen-bond acceptors (Lipinski definition) is 2. The summed E-state index contributed by atoms with van der Waals surface area (Å²) < 4.78 is 5.49. The maximum absolute atomic E-state index is 11.5. The van der Waals surface area contributed by atoms with E-state index in [4.69, 9.17) is 4.74 Å². The lowest BCUT2D eigenvalue weighted by molar-refractivity contribution is -0.149. The minimum Gasteiger partial charge on any atom is -0.493 e. The van der Waals surface area contributed by atoms with E-state index in [0.29, 0.717) is 19.3 Å². The van der Waals surface area contributed by atoms with Crippen molar-refractivity contribution < 1.29 is 14.6 Å². The quantitative estimate of drug-likeness (QED) is 0.854. The molecule has 2 rings (SSSR count). The van der Waals surface area contributed by atoms with Gasteiger partial charge < -0.3 is 9.84 Å². The van der Waals surface area contributed by atoms with Crippen molar-refractivity contribution in [3.05, 3.63) is 29.3 Å². The normalized spacial score (nSPS) is 14.0. The van der Waals surface area contributed by atoms with Crippen molar-refractivity contribution >= 4 is 5.97 Å². The van der Waals surface area contributed by atoms with Crippen LogP contribution in [0.25, 0.3) is 0 Å². The van der Waals surface area contributed by atoms with Crippen molar-refractivity contribution in [1.82, 2.24) is 0 Å². The number of aliphatic carboxylic acids is 1. The smallest absolute Gasteiger partial charge is 0.309 e. The number of benzene rings is 1. The number of ether oxygens (including phenoxy) is 1. The van der Waals surface area contributed by atoms with Crippen molar-refractivity contribution in [3.8, 4) is 5.75 Å². The number of rotatable bonds is 6. The molecule has 1 aliphatic rings. The van der Waals surface area contributed by atoms with Crippen LogP contribution >= 0.6 is 0 Å². The minimum absolute atomic E-state index is 0.574. The summed E-state index contributed by atoms with van der Waals surface area (Å²) >= 11 is 0. The predicted molar refractivity (Wildman–Crippen MR) is 74.6 cm³/mol. The first kappa shape index (κ1) is 13.9. The van der Waals surface area contributed by atoms with Crippen molar-refractivity contribution in [1.29, 1.82) is 0 Å². The van der Waals surface area contributed by atoms with E-state index < -0.39 is 11.4 Å². The van der Waals surface area contributed by atoms with E-state index >= 15 is 0 Å². The van der Waals surface area contributed by atoms with E-state index in [1.54, 1.807) is 0 Å². The highest BCUT2D eigenvalue weighted by Gasteiger charge is 2.34. The number of carboxylic acid groups (broad SMARTS) is 1. The van der Waals surface area contributed by atoms with Gasteiger partial charge >= 0.3 is 5.97 Å². The van der Waals surface area contributed by atoms with Crippen LogP contribution in [0.1, 0.15) is 44.2 Å². The Balaban J connectivity index is 2.07. The molecule has 1 aromatic carbocycles. The fourth-order valence-electron chi connectivity index (χ4n) is 2.79. The molecule has 104 valence electrons. The Bertz CT molecular complexity index is 461. The summed E-state index contributed by atoms with van der Waals surface area (Å²) in [5.74, 6) is 0.321. The Morgan fingerprint density at radius 1 is 1.37 bits per heavy atom. The summed E-state index contributed by atoms with van der Waals surface area (Å²) in [5.41, 5.74) is 1.90. The molecule has 0 spiro atoms. The molecule has 0 bridgehead atoms. The summed E-state index contributed by atoms with van der Waals surface area (Å²) in [6, 6.07) is 6.24. The van der Waals surface area contributed by atoms with Crippen LogP contribution in [0.15, 0.2) is 18.2 Å². The van der Waals surface area contributed by atoms with Gasteiger partial charge in [0, 0.05) is 6.42 Å². The number of carbonyl (C=O) groups is 1. The van der Waals surface area contributed by atoms with Crippen LogP contribution in [-0.4, -0.2) is 17.7 Å². The van der Waals surface area contributed by atoms with Gasteiger partial charge in [-0.15, -0.1) is 0 Å². The van der Waals surface area contributed by atoms with Crippen molar-refractivity contribution in [3.63, 3.8) is 0 Å². The summed E-state index contributed by atoms with van der Waals surface area (Å²) in [7, 11) is 0. The molecule has 19 heavy (non-hydrogen) atoms. The molecule has 0 unspecified atom stereocenters. The van der Waals surface area contributed by atoms with Gasteiger partial charge in [-0.25, -0.2) is 0 Å². The summed E-state index contributed by atoms with van der Waals surface area (Å²) in [6.07, 6.45) is 3.87. The van der Waals surface area contributed by atoms with Gasteiger partial charge in [0.15, 0.2) is 0 Å².